The Morgan fingerprint density at radius 1 is 1.44 bits per heavy atom. The van der Waals surface area contributed by atoms with Gasteiger partial charge in [-0.1, -0.05) is 11.6 Å². The molecule has 3 N–H and O–H groups in total. The van der Waals surface area contributed by atoms with E-state index in [9.17, 15) is 9.18 Å². The molecule has 0 atom stereocenters. The molecule has 0 bridgehead atoms. The van der Waals surface area contributed by atoms with Gasteiger partial charge in [0.05, 0.1) is 24.8 Å². The second-order valence-corrected chi connectivity index (χ2v) is 3.60. The van der Waals surface area contributed by atoms with E-state index in [4.69, 9.17) is 21.8 Å². The van der Waals surface area contributed by atoms with Crippen molar-refractivity contribution >= 4 is 17.5 Å². The smallest absolute Gasteiger partial charge is 0.254 e. The molecule has 1 amide bonds. The van der Waals surface area contributed by atoms with Crippen molar-refractivity contribution in [3.05, 3.63) is 34.6 Å². The molecule has 16 heavy (non-hydrogen) atoms. The Hall–Kier alpha value is -1.17. The highest BCUT2D eigenvalue weighted by atomic mass is 35.5. The number of halogens is 2. The third-order valence-electron chi connectivity index (χ3n) is 1.95. The Bertz CT molecular complexity index is 382. The number of hydrogen-bond acceptors (Lipinski definition) is 3. The zero-order valence-corrected chi connectivity index (χ0v) is 9.04. The summed E-state index contributed by atoms with van der Waals surface area (Å²) in [7, 11) is 0. The number of aliphatic hydroxyl groups is 2. The molecule has 1 aromatic carbocycles. The third kappa shape index (κ3) is 3.16. The lowest BCUT2D eigenvalue weighted by molar-refractivity contribution is 0.0875. The number of benzene rings is 1. The van der Waals surface area contributed by atoms with Crippen LogP contribution in [0.15, 0.2) is 18.2 Å². The van der Waals surface area contributed by atoms with Crippen LogP contribution in [0.3, 0.4) is 0 Å². The summed E-state index contributed by atoms with van der Waals surface area (Å²) in [6.45, 7) is -0.838. The minimum Gasteiger partial charge on any atom is -0.394 e. The summed E-state index contributed by atoms with van der Waals surface area (Å²) in [4.78, 5) is 11.5. The summed E-state index contributed by atoms with van der Waals surface area (Å²) in [5.41, 5.74) is -0.184. The van der Waals surface area contributed by atoms with Gasteiger partial charge in [0.25, 0.3) is 5.91 Å². The fourth-order valence-corrected chi connectivity index (χ4v) is 1.24. The summed E-state index contributed by atoms with van der Waals surface area (Å²) >= 11 is 5.53. The molecule has 0 aliphatic heterocycles. The first-order valence-corrected chi connectivity index (χ1v) is 4.94. The molecule has 1 rings (SSSR count). The molecule has 88 valence electrons. The predicted molar refractivity (Wildman–Crippen MR) is 56.8 cm³/mol. The molecule has 6 heteroatoms. The summed E-state index contributed by atoms with van der Waals surface area (Å²) < 4.78 is 13.3. The van der Waals surface area contributed by atoms with Gasteiger partial charge in [-0.2, -0.15) is 0 Å². The second kappa shape index (κ2) is 5.79. The highest BCUT2D eigenvalue weighted by molar-refractivity contribution is 6.30. The first-order valence-electron chi connectivity index (χ1n) is 4.56. The number of rotatable bonds is 4. The Morgan fingerprint density at radius 3 is 2.56 bits per heavy atom. The molecule has 0 aliphatic rings. The zero-order chi connectivity index (χ0) is 12.1. The molecule has 0 fully saturated rings. The van der Waals surface area contributed by atoms with Crippen LogP contribution in [0.4, 0.5) is 4.39 Å². The molecule has 4 nitrogen and oxygen atoms in total. The maximum absolute atomic E-state index is 13.3. The van der Waals surface area contributed by atoms with Crippen molar-refractivity contribution in [3.8, 4) is 0 Å². The first-order chi connectivity index (χ1) is 7.58. The van der Waals surface area contributed by atoms with E-state index in [1.54, 1.807) is 0 Å². The molecule has 0 aromatic heterocycles. The van der Waals surface area contributed by atoms with Crippen molar-refractivity contribution < 1.29 is 19.4 Å². The first kappa shape index (κ1) is 12.9. The standard InChI is InChI=1S/C10H11ClFNO3/c11-6-1-2-8(9(12)3-6)10(16)13-7(4-14)5-15/h1-3,7,14-15H,4-5H2,(H,13,16). The normalized spacial score (nSPS) is 10.6. The van der Waals surface area contributed by atoms with Crippen LogP contribution >= 0.6 is 11.6 Å². The minimum atomic E-state index is -0.803. The predicted octanol–water partition coefficient (Wildman–Crippen LogP) is 0.562. The van der Waals surface area contributed by atoms with Crippen LogP contribution < -0.4 is 5.32 Å². The van der Waals surface area contributed by atoms with Crippen molar-refractivity contribution in [2.45, 2.75) is 6.04 Å². The molecule has 0 unspecified atom stereocenters. The van der Waals surface area contributed by atoms with Gasteiger partial charge in [0.1, 0.15) is 5.82 Å². The Kier molecular flexibility index (Phi) is 4.67. The summed E-state index contributed by atoms with van der Waals surface area (Å²) in [5.74, 6) is -1.46. The molecule has 0 saturated carbocycles. The maximum Gasteiger partial charge on any atom is 0.254 e. The topological polar surface area (TPSA) is 69.6 Å². The van der Waals surface area contributed by atoms with E-state index in [2.05, 4.69) is 5.32 Å². The van der Waals surface area contributed by atoms with Gasteiger partial charge in [-0.25, -0.2) is 4.39 Å². The van der Waals surface area contributed by atoms with Crippen LogP contribution in [0.1, 0.15) is 10.4 Å². The molecule has 0 spiro atoms. The highest BCUT2D eigenvalue weighted by Crippen LogP contribution is 2.14. The quantitative estimate of drug-likeness (QED) is 0.728. The lowest BCUT2D eigenvalue weighted by Crippen LogP contribution is -2.40. The number of hydrogen-bond donors (Lipinski definition) is 3. The average Bonchev–Trinajstić information content (AvgIpc) is 2.25. The van der Waals surface area contributed by atoms with Gasteiger partial charge in [0.15, 0.2) is 0 Å². The van der Waals surface area contributed by atoms with E-state index < -0.39 is 31.0 Å². The van der Waals surface area contributed by atoms with Gasteiger partial charge in [-0.15, -0.1) is 0 Å². The lowest BCUT2D eigenvalue weighted by atomic mass is 10.2. The van der Waals surface area contributed by atoms with Crippen molar-refractivity contribution in [2.75, 3.05) is 13.2 Å². The third-order valence-corrected chi connectivity index (χ3v) is 2.19. The summed E-state index contributed by atoms with van der Waals surface area (Å²) in [6.07, 6.45) is 0. The second-order valence-electron chi connectivity index (χ2n) is 3.16. The monoisotopic (exact) mass is 247 g/mol. The largest absolute Gasteiger partial charge is 0.394 e. The van der Waals surface area contributed by atoms with Crippen LogP contribution in [0.5, 0.6) is 0 Å². The number of amides is 1. The molecule has 0 radical (unpaired) electrons. The Balaban J connectivity index is 2.80. The Morgan fingerprint density at radius 2 is 2.06 bits per heavy atom. The number of carbonyl (C=O) groups excluding carboxylic acids is 1. The van der Waals surface area contributed by atoms with Crippen LogP contribution in [0.2, 0.25) is 5.02 Å². The number of aliphatic hydroxyl groups excluding tert-OH is 2. The van der Waals surface area contributed by atoms with E-state index in [-0.39, 0.29) is 10.6 Å². The van der Waals surface area contributed by atoms with Crippen LogP contribution in [-0.4, -0.2) is 35.4 Å². The van der Waals surface area contributed by atoms with Crippen molar-refractivity contribution in [2.24, 2.45) is 0 Å². The van der Waals surface area contributed by atoms with Gasteiger partial charge in [-0.05, 0) is 18.2 Å². The fraction of sp³-hybridized carbons (Fsp3) is 0.300. The molecule has 0 aliphatic carbocycles. The van der Waals surface area contributed by atoms with Gasteiger partial charge in [-0.3, -0.25) is 4.79 Å². The van der Waals surface area contributed by atoms with E-state index >= 15 is 0 Å². The summed E-state index contributed by atoms with van der Waals surface area (Å²) in [6, 6.07) is 2.83. The SMILES string of the molecule is O=C(NC(CO)CO)c1ccc(Cl)cc1F. The van der Waals surface area contributed by atoms with E-state index in [0.717, 1.165) is 6.07 Å². The van der Waals surface area contributed by atoms with Crippen LogP contribution in [-0.2, 0) is 0 Å². The van der Waals surface area contributed by atoms with Crippen molar-refractivity contribution in [3.63, 3.8) is 0 Å². The summed E-state index contributed by atoms with van der Waals surface area (Å²) in [5, 5.41) is 20.0. The Labute approximate surface area is 96.7 Å². The molecule has 0 heterocycles. The van der Waals surface area contributed by atoms with Crippen LogP contribution in [0, 0.1) is 5.82 Å². The number of nitrogens with one attached hydrogen (secondary N) is 1. The maximum atomic E-state index is 13.3. The molecule has 1 aromatic rings. The zero-order valence-electron chi connectivity index (χ0n) is 8.28. The van der Waals surface area contributed by atoms with Gasteiger partial charge >= 0.3 is 0 Å². The van der Waals surface area contributed by atoms with Gasteiger partial charge < -0.3 is 15.5 Å². The van der Waals surface area contributed by atoms with Gasteiger partial charge in [0.2, 0.25) is 0 Å². The molecule has 0 saturated heterocycles. The minimum absolute atomic E-state index is 0.184. The van der Waals surface area contributed by atoms with E-state index in [0.29, 0.717) is 0 Å². The van der Waals surface area contributed by atoms with E-state index in [1.165, 1.54) is 12.1 Å². The van der Waals surface area contributed by atoms with Gasteiger partial charge in [0, 0.05) is 5.02 Å². The van der Waals surface area contributed by atoms with Crippen LogP contribution in [0.25, 0.3) is 0 Å². The van der Waals surface area contributed by atoms with Crippen molar-refractivity contribution in [1.29, 1.82) is 0 Å². The van der Waals surface area contributed by atoms with Crippen molar-refractivity contribution in [1.82, 2.24) is 5.32 Å². The average molecular weight is 248 g/mol. The molecular formula is C10H11ClFNO3. The molecular weight excluding hydrogens is 237 g/mol. The lowest BCUT2D eigenvalue weighted by Gasteiger charge is -2.13. The number of carbonyl (C=O) groups is 1. The fourth-order valence-electron chi connectivity index (χ4n) is 1.09. The van der Waals surface area contributed by atoms with E-state index in [1.807, 2.05) is 0 Å². The highest BCUT2D eigenvalue weighted by Gasteiger charge is 2.15.